The first-order chi connectivity index (χ1) is 14.9. The summed E-state index contributed by atoms with van der Waals surface area (Å²) in [4.78, 5) is 23.6. The van der Waals surface area contributed by atoms with Gasteiger partial charge in [0.05, 0.1) is 34.6 Å². The fourth-order valence-electron chi connectivity index (χ4n) is 3.78. The fraction of sp³-hybridized carbons (Fsp3) is 0.304. The summed E-state index contributed by atoms with van der Waals surface area (Å²) in [5, 5.41) is 9.87. The molecule has 8 heteroatoms. The Morgan fingerprint density at radius 3 is 2.81 bits per heavy atom. The predicted molar refractivity (Wildman–Crippen MR) is 121 cm³/mol. The Labute approximate surface area is 191 Å². The molecule has 2 atom stereocenters. The van der Waals surface area contributed by atoms with Crippen molar-refractivity contribution < 1.29 is 23.8 Å². The van der Waals surface area contributed by atoms with Gasteiger partial charge in [0.2, 0.25) is 0 Å². The zero-order valence-corrected chi connectivity index (χ0v) is 18.8. The van der Waals surface area contributed by atoms with E-state index in [1.165, 1.54) is 6.07 Å². The molecule has 0 radical (unpaired) electrons. The molecule has 0 spiro atoms. The highest BCUT2D eigenvalue weighted by molar-refractivity contribution is 9.10. The van der Waals surface area contributed by atoms with Crippen LogP contribution in [0.5, 0.6) is 5.75 Å². The van der Waals surface area contributed by atoms with E-state index >= 15 is 0 Å². The molecule has 4 rings (SSSR count). The van der Waals surface area contributed by atoms with Gasteiger partial charge in [0, 0.05) is 10.5 Å². The van der Waals surface area contributed by atoms with Crippen molar-refractivity contribution in [3.63, 3.8) is 0 Å². The molecule has 0 bridgehead atoms. The molecule has 1 saturated carbocycles. The molecule has 1 aliphatic rings. The molecule has 1 fully saturated rings. The van der Waals surface area contributed by atoms with Gasteiger partial charge in [-0.2, -0.15) is 0 Å². The molecule has 1 N–H and O–H groups in total. The third-order valence-corrected chi connectivity index (χ3v) is 6.13. The van der Waals surface area contributed by atoms with E-state index in [4.69, 9.17) is 30.6 Å². The first kappa shape index (κ1) is 21.9. The summed E-state index contributed by atoms with van der Waals surface area (Å²) in [6, 6.07) is 11.9. The Morgan fingerprint density at radius 1 is 1.19 bits per heavy atom. The van der Waals surface area contributed by atoms with Crippen molar-refractivity contribution in [1.82, 2.24) is 0 Å². The Kier molecular flexibility index (Phi) is 6.65. The summed E-state index contributed by atoms with van der Waals surface area (Å²) in [6.07, 6.45) is 1.84. The number of aliphatic carboxylic acids is 1. The summed E-state index contributed by atoms with van der Waals surface area (Å²) in [5.41, 5.74) is 0.761. The number of carboxylic acid groups (broad SMARTS) is 1. The molecule has 6 nitrogen and oxygen atoms in total. The topological polar surface area (TPSA) is 86.0 Å². The normalized spacial score (nSPS) is 18.4. The average Bonchev–Trinajstić information content (AvgIpc) is 3.21. The number of carboxylic acids is 1. The van der Waals surface area contributed by atoms with Gasteiger partial charge in [-0.05, 0) is 49.6 Å². The van der Waals surface area contributed by atoms with Gasteiger partial charge in [-0.25, -0.2) is 0 Å². The van der Waals surface area contributed by atoms with E-state index in [-0.39, 0.29) is 24.1 Å². The smallest absolute Gasteiger partial charge is 0.306 e. The maximum Gasteiger partial charge on any atom is 0.306 e. The van der Waals surface area contributed by atoms with Crippen molar-refractivity contribution in [1.29, 1.82) is 0 Å². The number of halogens is 2. The van der Waals surface area contributed by atoms with Gasteiger partial charge in [-0.15, -0.1) is 0 Å². The number of ether oxygens (including phenoxy) is 2. The van der Waals surface area contributed by atoms with Crippen molar-refractivity contribution in [3.8, 4) is 17.1 Å². The Bertz CT molecular complexity index is 1170. The number of rotatable bonds is 7. The molecule has 31 heavy (non-hydrogen) atoms. The van der Waals surface area contributed by atoms with E-state index < -0.39 is 5.97 Å². The van der Waals surface area contributed by atoms with Crippen molar-refractivity contribution in [2.24, 2.45) is 5.92 Å². The molecule has 1 aromatic heterocycles. The van der Waals surface area contributed by atoms with Crippen LogP contribution in [0.4, 0.5) is 0 Å². The first-order valence-electron chi connectivity index (χ1n) is 9.92. The van der Waals surface area contributed by atoms with Crippen molar-refractivity contribution >= 4 is 44.5 Å². The Hall–Kier alpha value is -2.35. The third-order valence-electron chi connectivity index (χ3n) is 5.34. The van der Waals surface area contributed by atoms with Crippen LogP contribution < -0.4 is 10.2 Å². The molecule has 1 aliphatic carbocycles. The van der Waals surface area contributed by atoms with E-state index in [2.05, 4.69) is 15.9 Å². The van der Waals surface area contributed by atoms with Gasteiger partial charge in [0.15, 0.2) is 11.0 Å². The van der Waals surface area contributed by atoms with E-state index in [1.54, 1.807) is 30.3 Å². The number of carbonyl (C=O) groups is 1. The molecular formula is C23H20BrClO6. The zero-order chi connectivity index (χ0) is 22.0. The molecule has 162 valence electrons. The minimum atomic E-state index is -0.766. The van der Waals surface area contributed by atoms with Gasteiger partial charge >= 0.3 is 5.97 Å². The molecule has 0 saturated heterocycles. The maximum atomic E-state index is 12.6. The first-order valence-corrected chi connectivity index (χ1v) is 11.1. The predicted octanol–water partition coefficient (Wildman–Crippen LogP) is 5.52. The molecule has 0 amide bonds. The Balaban J connectivity index is 1.50. The third kappa shape index (κ3) is 4.95. The Morgan fingerprint density at radius 2 is 2.03 bits per heavy atom. The summed E-state index contributed by atoms with van der Waals surface area (Å²) < 4.78 is 18.5. The van der Waals surface area contributed by atoms with Crippen LogP contribution in [0.2, 0.25) is 5.02 Å². The lowest BCUT2D eigenvalue weighted by molar-refractivity contribution is -0.141. The van der Waals surface area contributed by atoms with Crippen LogP contribution in [0.25, 0.3) is 22.3 Å². The van der Waals surface area contributed by atoms with Crippen LogP contribution in [-0.2, 0) is 9.53 Å². The lowest BCUT2D eigenvalue weighted by Crippen LogP contribution is -2.16. The van der Waals surface area contributed by atoms with Crippen LogP contribution in [0, 0.1) is 5.92 Å². The minimum Gasteiger partial charge on any atom is -0.490 e. The quantitative estimate of drug-likeness (QED) is 0.424. The van der Waals surface area contributed by atoms with Gasteiger partial charge in [-0.1, -0.05) is 33.6 Å². The molecule has 3 aromatic rings. The largest absolute Gasteiger partial charge is 0.490 e. The molecule has 2 unspecified atom stereocenters. The van der Waals surface area contributed by atoms with Crippen LogP contribution in [-0.4, -0.2) is 30.4 Å². The van der Waals surface area contributed by atoms with Crippen molar-refractivity contribution in [2.45, 2.75) is 25.4 Å². The molecule has 0 aliphatic heterocycles. The van der Waals surface area contributed by atoms with E-state index in [0.29, 0.717) is 52.5 Å². The number of para-hydroxylation sites is 1. The van der Waals surface area contributed by atoms with Crippen LogP contribution in [0.15, 0.2) is 56.1 Å². The lowest BCUT2D eigenvalue weighted by Gasteiger charge is -2.14. The van der Waals surface area contributed by atoms with Crippen LogP contribution >= 0.6 is 27.5 Å². The minimum absolute atomic E-state index is 0.0627. The number of fused-ring (bicyclic) bond motifs is 1. The van der Waals surface area contributed by atoms with Gasteiger partial charge in [0.1, 0.15) is 18.1 Å². The second-order valence-corrected chi connectivity index (χ2v) is 8.74. The lowest BCUT2D eigenvalue weighted by atomic mass is 10.1. The highest BCUT2D eigenvalue weighted by Gasteiger charge is 2.30. The fourth-order valence-corrected chi connectivity index (χ4v) is 4.33. The standard InChI is InChI=1S/C23H20BrClO6/c24-14-5-7-17(21-12-19(26)16-2-1-3-18(25)22(16)31-21)20(11-14)30-9-8-29-15-6-4-13(10-15)23(27)28/h1-3,5,7,11-13,15H,4,6,8-10H2,(H,27,28). The molecule has 1 heterocycles. The van der Waals surface area contributed by atoms with Crippen LogP contribution in [0.3, 0.4) is 0 Å². The van der Waals surface area contributed by atoms with Crippen LogP contribution in [0.1, 0.15) is 19.3 Å². The van der Waals surface area contributed by atoms with E-state index in [1.807, 2.05) is 6.07 Å². The summed E-state index contributed by atoms with van der Waals surface area (Å²) in [6.45, 7) is 0.604. The van der Waals surface area contributed by atoms with Crippen molar-refractivity contribution in [2.75, 3.05) is 13.2 Å². The summed E-state index contributed by atoms with van der Waals surface area (Å²) in [5.74, 6) is -0.209. The monoisotopic (exact) mass is 506 g/mol. The molecular weight excluding hydrogens is 488 g/mol. The second kappa shape index (κ2) is 9.42. The van der Waals surface area contributed by atoms with Gasteiger partial charge in [-0.3, -0.25) is 9.59 Å². The molecule has 2 aromatic carbocycles. The maximum absolute atomic E-state index is 12.6. The van der Waals surface area contributed by atoms with Crippen molar-refractivity contribution in [3.05, 3.63) is 62.2 Å². The summed E-state index contributed by atoms with van der Waals surface area (Å²) in [7, 11) is 0. The number of hydrogen-bond donors (Lipinski definition) is 1. The average molecular weight is 508 g/mol. The highest BCUT2D eigenvalue weighted by atomic mass is 79.9. The van der Waals surface area contributed by atoms with Gasteiger partial charge in [0.25, 0.3) is 0 Å². The van der Waals surface area contributed by atoms with Gasteiger partial charge < -0.3 is 19.0 Å². The second-order valence-electron chi connectivity index (χ2n) is 7.42. The number of hydrogen-bond acceptors (Lipinski definition) is 5. The zero-order valence-electron chi connectivity index (χ0n) is 16.5. The SMILES string of the molecule is O=C(O)C1CCC(OCCOc2cc(Br)ccc2-c2cc(=O)c3cccc(Cl)c3o2)C1. The van der Waals surface area contributed by atoms with E-state index in [9.17, 15) is 9.59 Å². The summed E-state index contributed by atoms with van der Waals surface area (Å²) >= 11 is 9.66. The number of benzene rings is 2. The van der Waals surface area contributed by atoms with E-state index in [0.717, 1.165) is 10.9 Å². The highest BCUT2D eigenvalue weighted by Crippen LogP contribution is 2.35.